The fourth-order valence-electron chi connectivity index (χ4n) is 2.55. The van der Waals surface area contributed by atoms with E-state index in [1.54, 1.807) is 31.2 Å². The van der Waals surface area contributed by atoms with Crippen molar-refractivity contribution in [3.05, 3.63) is 81.9 Å². The van der Waals surface area contributed by atoms with Crippen LogP contribution in [0.2, 0.25) is 0 Å². The van der Waals surface area contributed by atoms with Crippen LogP contribution in [0.1, 0.15) is 34.5 Å². The maximum atomic E-state index is 12.5. The van der Waals surface area contributed by atoms with E-state index in [0.717, 1.165) is 5.56 Å². The lowest BCUT2D eigenvalue weighted by Crippen LogP contribution is -2.26. The molecule has 1 amide bonds. The van der Waals surface area contributed by atoms with Gasteiger partial charge in [-0.15, -0.1) is 0 Å². The lowest BCUT2D eigenvalue weighted by molar-refractivity contribution is -0.384. The second kappa shape index (κ2) is 7.45. The number of nitriles is 1. The summed E-state index contributed by atoms with van der Waals surface area (Å²) in [6.45, 7) is 1.79. The van der Waals surface area contributed by atoms with E-state index in [1.807, 2.05) is 6.07 Å². The van der Waals surface area contributed by atoms with Gasteiger partial charge in [0.2, 0.25) is 0 Å². The molecule has 1 aromatic heterocycles. The summed E-state index contributed by atoms with van der Waals surface area (Å²) in [5.74, 6) is -0.444. The minimum atomic E-state index is -0.572. The van der Waals surface area contributed by atoms with Crippen molar-refractivity contribution >= 4 is 11.6 Å². The van der Waals surface area contributed by atoms with Crippen molar-refractivity contribution in [2.45, 2.75) is 13.0 Å². The number of nitrogens with one attached hydrogen (secondary N) is 1. The predicted molar refractivity (Wildman–Crippen MR) is 95.1 cm³/mol. The molecule has 3 rings (SSSR count). The zero-order chi connectivity index (χ0) is 19.4. The maximum Gasteiger partial charge on any atom is 0.295 e. The Morgan fingerprint density at radius 1 is 1.30 bits per heavy atom. The predicted octanol–water partition coefficient (Wildman–Crippen LogP) is 2.54. The second-order valence-corrected chi connectivity index (χ2v) is 5.73. The number of carbonyl (C=O) groups excluding carboxylic acids is 1. The van der Waals surface area contributed by atoms with Gasteiger partial charge >= 0.3 is 0 Å². The molecule has 0 radical (unpaired) electrons. The quantitative estimate of drug-likeness (QED) is 0.549. The number of nitrogens with zero attached hydrogens (tertiary/aromatic N) is 5. The molecule has 1 unspecified atom stereocenters. The first kappa shape index (κ1) is 17.8. The van der Waals surface area contributed by atoms with Crippen LogP contribution in [0.4, 0.5) is 5.69 Å². The van der Waals surface area contributed by atoms with Gasteiger partial charge in [0.15, 0.2) is 0 Å². The first-order valence-electron chi connectivity index (χ1n) is 7.94. The third kappa shape index (κ3) is 3.80. The molecule has 3 aromatic rings. The molecule has 0 bridgehead atoms. The summed E-state index contributed by atoms with van der Waals surface area (Å²) < 4.78 is 1.26. The topological polar surface area (TPSA) is 127 Å². The Balaban J connectivity index is 1.83. The number of nitro groups is 1. The molecule has 0 aliphatic rings. The summed E-state index contributed by atoms with van der Waals surface area (Å²) in [5.41, 5.74) is 1.46. The molecular weight excluding hydrogens is 348 g/mol. The standard InChI is InChI=1S/C18H14N6O3/c1-12(14-4-2-13(9-19)3-5-14)22-18(25)15-6-7-16(17(8-15)24(26)27)23-11-20-10-21-23/h2-8,10-12H,1H3,(H,22,25). The SMILES string of the molecule is CC(NC(=O)c1ccc(-n2cncn2)c([N+](=O)[O-])c1)c1ccc(C#N)cc1. The molecule has 0 saturated heterocycles. The molecule has 1 atom stereocenters. The lowest BCUT2D eigenvalue weighted by Gasteiger charge is -2.14. The Hall–Kier alpha value is -4.06. The van der Waals surface area contributed by atoms with Crippen molar-refractivity contribution in [1.82, 2.24) is 20.1 Å². The highest BCUT2D eigenvalue weighted by Crippen LogP contribution is 2.24. The largest absolute Gasteiger partial charge is 0.346 e. The summed E-state index contributed by atoms with van der Waals surface area (Å²) in [7, 11) is 0. The average molecular weight is 362 g/mol. The Bertz CT molecular complexity index is 1020. The molecule has 0 aliphatic carbocycles. The number of aromatic nitrogens is 3. The molecule has 9 heteroatoms. The van der Waals surface area contributed by atoms with Crippen LogP contribution in [0.15, 0.2) is 55.1 Å². The Morgan fingerprint density at radius 2 is 2.04 bits per heavy atom. The molecule has 9 nitrogen and oxygen atoms in total. The number of rotatable bonds is 5. The average Bonchev–Trinajstić information content (AvgIpc) is 3.22. The number of amides is 1. The summed E-state index contributed by atoms with van der Waals surface area (Å²) >= 11 is 0. The number of benzene rings is 2. The highest BCUT2D eigenvalue weighted by molar-refractivity contribution is 5.95. The molecule has 0 fully saturated rings. The summed E-state index contributed by atoms with van der Waals surface area (Å²) in [4.78, 5) is 27.1. The number of hydrogen-bond donors (Lipinski definition) is 1. The normalized spacial score (nSPS) is 11.4. The molecular formula is C18H14N6O3. The van der Waals surface area contributed by atoms with E-state index in [1.165, 1.54) is 35.5 Å². The number of carbonyl (C=O) groups is 1. The number of nitro benzene ring substituents is 1. The van der Waals surface area contributed by atoms with Crippen molar-refractivity contribution in [1.29, 1.82) is 5.26 Å². The molecule has 1 heterocycles. The van der Waals surface area contributed by atoms with Crippen LogP contribution in [0.5, 0.6) is 0 Å². The molecule has 0 aliphatic heterocycles. The Labute approximate surface area is 154 Å². The minimum Gasteiger partial charge on any atom is -0.346 e. The van der Waals surface area contributed by atoms with Gasteiger partial charge in [-0.05, 0) is 36.8 Å². The van der Waals surface area contributed by atoms with Gasteiger partial charge in [0.25, 0.3) is 11.6 Å². The smallest absolute Gasteiger partial charge is 0.295 e. The van der Waals surface area contributed by atoms with Crippen LogP contribution in [0.3, 0.4) is 0 Å². The van der Waals surface area contributed by atoms with Crippen LogP contribution in [-0.4, -0.2) is 25.6 Å². The first-order chi connectivity index (χ1) is 13.0. The van der Waals surface area contributed by atoms with Gasteiger partial charge in [-0.3, -0.25) is 14.9 Å². The van der Waals surface area contributed by atoms with Crippen molar-refractivity contribution in [2.24, 2.45) is 0 Å². The van der Waals surface area contributed by atoms with Gasteiger partial charge in [0, 0.05) is 11.6 Å². The van der Waals surface area contributed by atoms with Gasteiger partial charge in [-0.25, -0.2) is 9.67 Å². The lowest BCUT2D eigenvalue weighted by atomic mass is 10.1. The van der Waals surface area contributed by atoms with E-state index in [4.69, 9.17) is 5.26 Å². The van der Waals surface area contributed by atoms with Crippen LogP contribution in [0.25, 0.3) is 5.69 Å². The van der Waals surface area contributed by atoms with Crippen molar-refractivity contribution < 1.29 is 9.72 Å². The van der Waals surface area contributed by atoms with E-state index < -0.39 is 10.8 Å². The highest BCUT2D eigenvalue weighted by Gasteiger charge is 2.20. The first-order valence-corrected chi connectivity index (χ1v) is 7.94. The van der Waals surface area contributed by atoms with Crippen molar-refractivity contribution in [3.63, 3.8) is 0 Å². The van der Waals surface area contributed by atoms with Gasteiger partial charge in [-0.2, -0.15) is 10.4 Å². The van der Waals surface area contributed by atoms with Crippen LogP contribution in [-0.2, 0) is 0 Å². The van der Waals surface area contributed by atoms with E-state index in [2.05, 4.69) is 15.4 Å². The molecule has 0 saturated carbocycles. The Morgan fingerprint density at radius 3 is 2.63 bits per heavy atom. The van der Waals surface area contributed by atoms with Crippen molar-refractivity contribution in [3.8, 4) is 11.8 Å². The van der Waals surface area contributed by atoms with E-state index in [0.29, 0.717) is 5.56 Å². The van der Waals surface area contributed by atoms with Crippen molar-refractivity contribution in [2.75, 3.05) is 0 Å². The van der Waals surface area contributed by atoms with Gasteiger partial charge in [-0.1, -0.05) is 12.1 Å². The molecule has 0 spiro atoms. The zero-order valence-electron chi connectivity index (χ0n) is 14.2. The maximum absolute atomic E-state index is 12.5. The summed E-state index contributed by atoms with van der Waals surface area (Å²) in [5, 5.41) is 26.9. The van der Waals surface area contributed by atoms with Crippen LogP contribution < -0.4 is 5.32 Å². The van der Waals surface area contributed by atoms with E-state index >= 15 is 0 Å². The second-order valence-electron chi connectivity index (χ2n) is 5.73. The Kier molecular flexibility index (Phi) is 4.90. The van der Waals surface area contributed by atoms with Gasteiger partial charge in [0.05, 0.1) is 22.6 Å². The highest BCUT2D eigenvalue weighted by atomic mass is 16.6. The fraction of sp³-hybridized carbons (Fsp3) is 0.111. The van der Waals surface area contributed by atoms with Gasteiger partial charge < -0.3 is 5.32 Å². The van der Waals surface area contributed by atoms with Crippen LogP contribution in [0, 0.1) is 21.4 Å². The van der Waals surface area contributed by atoms with Crippen LogP contribution >= 0.6 is 0 Å². The van der Waals surface area contributed by atoms with Gasteiger partial charge in [0.1, 0.15) is 18.3 Å². The van der Waals surface area contributed by atoms with E-state index in [-0.39, 0.29) is 23.0 Å². The summed E-state index contributed by atoms with van der Waals surface area (Å²) in [6.07, 6.45) is 2.61. The monoisotopic (exact) mass is 362 g/mol. The third-order valence-electron chi connectivity index (χ3n) is 3.99. The molecule has 1 N–H and O–H groups in total. The third-order valence-corrected chi connectivity index (χ3v) is 3.99. The number of hydrogen-bond acceptors (Lipinski definition) is 6. The van der Waals surface area contributed by atoms with E-state index in [9.17, 15) is 14.9 Å². The molecule has 27 heavy (non-hydrogen) atoms. The molecule has 134 valence electrons. The minimum absolute atomic E-state index is 0.158. The zero-order valence-corrected chi connectivity index (χ0v) is 14.2. The molecule has 2 aromatic carbocycles. The summed E-state index contributed by atoms with van der Waals surface area (Å²) in [6, 6.07) is 12.7. The fourth-order valence-corrected chi connectivity index (χ4v) is 2.55.